The van der Waals surface area contributed by atoms with Gasteiger partial charge in [0.15, 0.2) is 6.10 Å². The van der Waals surface area contributed by atoms with E-state index in [2.05, 4.69) is 20.3 Å². The topological polar surface area (TPSA) is 107 Å². The summed E-state index contributed by atoms with van der Waals surface area (Å²) in [5.74, 6) is 0.647. The van der Waals surface area contributed by atoms with Crippen molar-refractivity contribution in [3.05, 3.63) is 40.6 Å². The molecule has 1 aromatic heterocycles. The van der Waals surface area contributed by atoms with Gasteiger partial charge in [0, 0.05) is 35.9 Å². The van der Waals surface area contributed by atoms with E-state index in [4.69, 9.17) is 20.8 Å². The molecule has 8 nitrogen and oxygen atoms in total. The van der Waals surface area contributed by atoms with Crippen molar-refractivity contribution >= 4 is 17.5 Å². The Bertz CT molecular complexity index is 980. The highest BCUT2D eigenvalue weighted by Crippen LogP contribution is 2.41. The minimum atomic E-state index is -4.63. The van der Waals surface area contributed by atoms with Gasteiger partial charge in [-0.25, -0.2) is 0 Å². The van der Waals surface area contributed by atoms with Crippen molar-refractivity contribution in [1.82, 2.24) is 15.5 Å². The Balaban J connectivity index is 1.14. The number of amides is 1. The summed E-state index contributed by atoms with van der Waals surface area (Å²) in [6.07, 6.45) is -4.78. The van der Waals surface area contributed by atoms with Gasteiger partial charge in [-0.1, -0.05) is 11.6 Å². The first kappa shape index (κ1) is 23.8. The standard InChI is InChI=1S/C21H23ClF3N3O5/c22-12-4-5-16-14(9-12)15(29)10-17(31-16)19(30)26-6-2-1-3-18-27-28-20(32-18)11-7-13(8-11)33-21(23,24)25/h4-5,9,11,13,15,17,29H,1-3,6-8,10H2,(H,26,30)/t11?,13?,15-,17-/m1/s1. The van der Waals surface area contributed by atoms with Gasteiger partial charge < -0.3 is 19.6 Å². The summed E-state index contributed by atoms with van der Waals surface area (Å²) in [6.45, 7) is 0.405. The van der Waals surface area contributed by atoms with Gasteiger partial charge in [0.05, 0.1) is 12.2 Å². The molecule has 4 rings (SSSR count). The number of fused-ring (bicyclic) bond motifs is 1. The molecule has 1 amide bonds. The number of carbonyl (C=O) groups is 1. The second kappa shape index (κ2) is 9.86. The number of nitrogens with zero attached hydrogens (tertiary/aromatic N) is 2. The highest BCUT2D eigenvalue weighted by atomic mass is 35.5. The lowest BCUT2D eigenvalue weighted by molar-refractivity contribution is -0.352. The van der Waals surface area contributed by atoms with Gasteiger partial charge in [0.25, 0.3) is 5.91 Å². The Hall–Kier alpha value is -2.37. The van der Waals surface area contributed by atoms with Gasteiger partial charge in [0.2, 0.25) is 11.8 Å². The molecule has 2 N–H and O–H groups in total. The molecule has 12 heteroatoms. The molecular weight excluding hydrogens is 467 g/mol. The van der Waals surface area contributed by atoms with Crippen molar-refractivity contribution in [1.29, 1.82) is 0 Å². The Labute approximate surface area is 192 Å². The maximum atomic E-state index is 12.4. The third-order valence-electron chi connectivity index (χ3n) is 5.67. The van der Waals surface area contributed by atoms with E-state index in [1.165, 1.54) is 0 Å². The van der Waals surface area contributed by atoms with Gasteiger partial charge in [-0.15, -0.1) is 23.4 Å². The summed E-state index contributed by atoms with van der Waals surface area (Å²) in [4.78, 5) is 12.4. The number of benzene rings is 1. The van der Waals surface area contributed by atoms with Crippen LogP contribution >= 0.6 is 11.6 Å². The van der Waals surface area contributed by atoms with Crippen LogP contribution in [0.25, 0.3) is 0 Å². The molecule has 2 heterocycles. The molecule has 0 bridgehead atoms. The van der Waals surface area contributed by atoms with Gasteiger partial charge in [-0.05, 0) is 43.9 Å². The Kier molecular flexibility index (Phi) is 7.10. The number of nitrogens with one attached hydrogen (secondary N) is 1. The Morgan fingerprint density at radius 3 is 2.79 bits per heavy atom. The van der Waals surface area contributed by atoms with E-state index in [0.717, 1.165) is 0 Å². The molecule has 180 valence electrons. The van der Waals surface area contributed by atoms with Crippen molar-refractivity contribution in [2.24, 2.45) is 0 Å². The van der Waals surface area contributed by atoms with Crippen molar-refractivity contribution in [3.63, 3.8) is 0 Å². The molecule has 0 unspecified atom stereocenters. The summed E-state index contributed by atoms with van der Waals surface area (Å²) in [5.41, 5.74) is 0.566. The number of hydrogen-bond acceptors (Lipinski definition) is 7. The summed E-state index contributed by atoms with van der Waals surface area (Å²) < 4.78 is 51.7. The second-order valence-corrected chi connectivity index (χ2v) is 8.61. The van der Waals surface area contributed by atoms with Crippen LogP contribution in [-0.4, -0.2) is 46.3 Å². The lowest BCUT2D eigenvalue weighted by atomic mass is 9.82. The van der Waals surface area contributed by atoms with Crippen molar-refractivity contribution in [3.8, 4) is 5.75 Å². The molecule has 2 aromatic rings. The number of aromatic nitrogens is 2. The molecule has 1 aliphatic heterocycles. The normalized spacial score (nSPS) is 24.5. The summed E-state index contributed by atoms with van der Waals surface area (Å²) >= 11 is 5.93. The van der Waals surface area contributed by atoms with Crippen LogP contribution in [0.15, 0.2) is 22.6 Å². The van der Waals surface area contributed by atoms with Crippen LogP contribution in [0.3, 0.4) is 0 Å². The zero-order valence-corrected chi connectivity index (χ0v) is 18.2. The van der Waals surface area contributed by atoms with Gasteiger partial charge in [0.1, 0.15) is 5.75 Å². The minimum Gasteiger partial charge on any atom is -0.480 e. The molecule has 1 aromatic carbocycles. The first-order chi connectivity index (χ1) is 15.7. The third-order valence-corrected chi connectivity index (χ3v) is 5.91. The fraction of sp³-hybridized carbons (Fsp3) is 0.571. The predicted octanol–water partition coefficient (Wildman–Crippen LogP) is 3.83. The smallest absolute Gasteiger partial charge is 0.480 e. The number of aliphatic hydroxyl groups excluding tert-OH is 1. The molecule has 2 aliphatic rings. The van der Waals surface area contributed by atoms with E-state index in [0.29, 0.717) is 53.9 Å². The first-order valence-electron chi connectivity index (χ1n) is 10.7. The maximum absolute atomic E-state index is 12.4. The fourth-order valence-corrected chi connectivity index (χ4v) is 4.07. The number of hydrogen-bond donors (Lipinski definition) is 2. The fourth-order valence-electron chi connectivity index (χ4n) is 3.89. The molecular formula is C21H23ClF3N3O5. The highest BCUT2D eigenvalue weighted by Gasteiger charge is 2.42. The quantitative estimate of drug-likeness (QED) is 0.543. The van der Waals surface area contributed by atoms with Gasteiger partial charge in [-0.3, -0.25) is 9.53 Å². The number of halogens is 4. The van der Waals surface area contributed by atoms with E-state index in [9.17, 15) is 23.1 Å². The lowest BCUT2D eigenvalue weighted by Gasteiger charge is -2.32. The molecule has 33 heavy (non-hydrogen) atoms. The zero-order chi connectivity index (χ0) is 23.6. The predicted molar refractivity (Wildman–Crippen MR) is 109 cm³/mol. The van der Waals surface area contributed by atoms with Crippen LogP contribution in [0.5, 0.6) is 5.75 Å². The summed E-state index contributed by atoms with van der Waals surface area (Å²) in [6, 6.07) is 4.89. The molecule has 0 saturated heterocycles. The lowest BCUT2D eigenvalue weighted by Crippen LogP contribution is -2.41. The second-order valence-electron chi connectivity index (χ2n) is 8.18. The van der Waals surface area contributed by atoms with Crippen molar-refractivity contribution in [2.75, 3.05) is 6.54 Å². The number of unbranched alkanes of at least 4 members (excludes halogenated alkanes) is 1. The van der Waals surface area contributed by atoms with Crippen molar-refractivity contribution in [2.45, 2.75) is 69.1 Å². The monoisotopic (exact) mass is 489 g/mol. The number of aryl methyl sites for hydroxylation is 1. The average Bonchev–Trinajstić information content (AvgIpc) is 3.18. The number of alkyl halides is 3. The van der Waals surface area contributed by atoms with E-state index >= 15 is 0 Å². The summed E-state index contributed by atoms with van der Waals surface area (Å²) in [7, 11) is 0. The van der Waals surface area contributed by atoms with Crippen molar-refractivity contribution < 1.29 is 37.0 Å². The third kappa shape index (κ3) is 6.15. The van der Waals surface area contributed by atoms with E-state index in [-0.39, 0.29) is 31.1 Å². The van der Waals surface area contributed by atoms with E-state index in [1.807, 2.05) is 0 Å². The van der Waals surface area contributed by atoms with E-state index in [1.54, 1.807) is 18.2 Å². The average molecular weight is 490 g/mol. The molecule has 0 spiro atoms. The molecule has 0 radical (unpaired) electrons. The maximum Gasteiger partial charge on any atom is 0.522 e. The highest BCUT2D eigenvalue weighted by molar-refractivity contribution is 6.30. The molecule has 1 aliphatic carbocycles. The molecule has 1 fully saturated rings. The first-order valence-corrected chi connectivity index (χ1v) is 11.0. The van der Waals surface area contributed by atoms with Crippen LogP contribution in [-0.2, 0) is 16.0 Å². The van der Waals surface area contributed by atoms with Crippen LogP contribution < -0.4 is 10.1 Å². The Morgan fingerprint density at radius 2 is 2.03 bits per heavy atom. The summed E-state index contributed by atoms with van der Waals surface area (Å²) in [5, 5.41) is 21.4. The van der Waals surface area contributed by atoms with Crippen LogP contribution in [0.1, 0.15) is 61.5 Å². The molecule has 2 atom stereocenters. The largest absolute Gasteiger partial charge is 0.522 e. The number of rotatable bonds is 8. The number of carbonyl (C=O) groups excluding carboxylic acids is 1. The van der Waals surface area contributed by atoms with Crippen LogP contribution in [0.4, 0.5) is 13.2 Å². The van der Waals surface area contributed by atoms with E-state index < -0.39 is 24.7 Å². The SMILES string of the molecule is O=C(NCCCCc1nnc(C2CC(OC(F)(F)F)C2)o1)[C@H]1C[C@@H](O)c2cc(Cl)ccc2O1. The minimum absolute atomic E-state index is 0.139. The molecule has 1 saturated carbocycles. The van der Waals surface area contributed by atoms with Gasteiger partial charge >= 0.3 is 6.36 Å². The zero-order valence-electron chi connectivity index (χ0n) is 17.5. The van der Waals surface area contributed by atoms with Gasteiger partial charge in [-0.2, -0.15) is 0 Å². The number of ether oxygens (including phenoxy) is 2. The van der Waals surface area contributed by atoms with Crippen LogP contribution in [0.2, 0.25) is 5.02 Å². The number of aliphatic hydroxyl groups is 1. The Morgan fingerprint density at radius 1 is 1.24 bits per heavy atom. The van der Waals surface area contributed by atoms with Crippen LogP contribution in [0, 0.1) is 0 Å².